The van der Waals surface area contributed by atoms with Gasteiger partial charge in [0.05, 0.1) is 5.69 Å². The minimum atomic E-state index is -4.67. The zero-order valence-electron chi connectivity index (χ0n) is 15.6. The number of rotatable bonds is 4. The SMILES string of the molecule is CN1CCN(c2ccc(C(=O)NC(c3ccn(C)c3)C(F)(F)F)cc2F)CC1. The van der Waals surface area contributed by atoms with Crippen molar-refractivity contribution in [3.63, 3.8) is 0 Å². The van der Waals surface area contributed by atoms with Gasteiger partial charge in [0.2, 0.25) is 0 Å². The molecule has 2 aromatic rings. The molecule has 1 atom stereocenters. The molecule has 1 aliphatic rings. The first-order valence-electron chi connectivity index (χ1n) is 8.87. The number of alkyl halides is 3. The molecule has 1 fully saturated rings. The maximum Gasteiger partial charge on any atom is 0.412 e. The van der Waals surface area contributed by atoms with Crippen LogP contribution in [0, 0.1) is 5.82 Å². The Morgan fingerprint density at radius 1 is 1.11 bits per heavy atom. The first kappa shape index (κ1) is 20.2. The molecule has 28 heavy (non-hydrogen) atoms. The van der Waals surface area contributed by atoms with E-state index in [1.54, 1.807) is 7.05 Å². The Morgan fingerprint density at radius 2 is 1.79 bits per heavy atom. The van der Waals surface area contributed by atoms with Crippen molar-refractivity contribution in [1.29, 1.82) is 0 Å². The number of amides is 1. The molecule has 0 radical (unpaired) electrons. The average molecular weight is 398 g/mol. The van der Waals surface area contributed by atoms with Crippen LogP contribution >= 0.6 is 0 Å². The van der Waals surface area contributed by atoms with E-state index in [4.69, 9.17) is 0 Å². The van der Waals surface area contributed by atoms with Gasteiger partial charge < -0.3 is 19.7 Å². The lowest BCUT2D eigenvalue weighted by Crippen LogP contribution is -2.44. The van der Waals surface area contributed by atoms with Gasteiger partial charge in [-0.2, -0.15) is 13.2 Å². The summed E-state index contributed by atoms with van der Waals surface area (Å²) in [5.74, 6) is -1.60. The van der Waals surface area contributed by atoms with Crippen molar-refractivity contribution in [3.8, 4) is 0 Å². The monoisotopic (exact) mass is 398 g/mol. The first-order valence-corrected chi connectivity index (χ1v) is 8.87. The Kier molecular flexibility index (Phi) is 5.64. The number of anilines is 1. The number of carbonyl (C=O) groups excluding carboxylic acids is 1. The average Bonchev–Trinajstić information content (AvgIpc) is 3.05. The minimum Gasteiger partial charge on any atom is -0.367 e. The van der Waals surface area contributed by atoms with Gasteiger partial charge in [0.15, 0.2) is 6.04 Å². The highest BCUT2D eigenvalue weighted by Gasteiger charge is 2.42. The van der Waals surface area contributed by atoms with E-state index in [1.165, 1.54) is 35.2 Å². The van der Waals surface area contributed by atoms with E-state index in [2.05, 4.69) is 4.90 Å². The maximum absolute atomic E-state index is 14.5. The van der Waals surface area contributed by atoms with Crippen molar-refractivity contribution in [2.24, 2.45) is 7.05 Å². The lowest BCUT2D eigenvalue weighted by molar-refractivity contribution is -0.155. The van der Waals surface area contributed by atoms with Crippen molar-refractivity contribution >= 4 is 11.6 Å². The van der Waals surface area contributed by atoms with Crippen LogP contribution in [0.1, 0.15) is 22.0 Å². The van der Waals surface area contributed by atoms with Crippen LogP contribution in [0.5, 0.6) is 0 Å². The predicted molar refractivity (Wildman–Crippen MR) is 97.8 cm³/mol. The highest BCUT2D eigenvalue weighted by Crippen LogP contribution is 2.33. The van der Waals surface area contributed by atoms with Crippen molar-refractivity contribution in [3.05, 3.63) is 53.6 Å². The molecule has 2 heterocycles. The van der Waals surface area contributed by atoms with Gasteiger partial charge in [-0.25, -0.2) is 4.39 Å². The Morgan fingerprint density at radius 3 is 2.32 bits per heavy atom. The van der Waals surface area contributed by atoms with Gasteiger partial charge in [-0.15, -0.1) is 0 Å². The molecule has 1 unspecified atom stereocenters. The summed E-state index contributed by atoms with van der Waals surface area (Å²) >= 11 is 0. The van der Waals surface area contributed by atoms with Gasteiger partial charge in [-0.1, -0.05) is 0 Å². The Balaban J connectivity index is 1.77. The summed E-state index contributed by atoms with van der Waals surface area (Å²) in [4.78, 5) is 16.3. The summed E-state index contributed by atoms with van der Waals surface area (Å²) < 4.78 is 56.2. The van der Waals surface area contributed by atoms with Crippen LogP contribution in [0.25, 0.3) is 0 Å². The molecule has 5 nitrogen and oxygen atoms in total. The van der Waals surface area contributed by atoms with Crippen LogP contribution in [-0.2, 0) is 7.05 Å². The van der Waals surface area contributed by atoms with Crippen LogP contribution in [0.15, 0.2) is 36.7 Å². The maximum atomic E-state index is 14.5. The van der Waals surface area contributed by atoms with Gasteiger partial charge in [0, 0.05) is 56.7 Å². The fraction of sp³-hybridized carbons (Fsp3) is 0.421. The standard InChI is InChI=1S/C19H22F4N4O/c1-25-7-9-27(10-8-25)16-4-3-13(11-15(16)20)18(28)24-17(19(21,22)23)14-5-6-26(2)12-14/h3-6,11-12,17H,7-10H2,1-2H3,(H,24,28). The van der Waals surface area contributed by atoms with E-state index in [0.717, 1.165) is 19.2 Å². The fourth-order valence-electron chi connectivity index (χ4n) is 3.22. The van der Waals surface area contributed by atoms with Gasteiger partial charge in [0.25, 0.3) is 5.91 Å². The molecular weight excluding hydrogens is 376 g/mol. The van der Waals surface area contributed by atoms with E-state index < -0.39 is 23.9 Å². The molecule has 3 rings (SSSR count). The van der Waals surface area contributed by atoms with Crippen molar-refractivity contribution in [2.75, 3.05) is 38.1 Å². The normalized spacial score (nSPS) is 16.9. The van der Waals surface area contributed by atoms with E-state index in [-0.39, 0.29) is 11.1 Å². The number of hydrogen-bond acceptors (Lipinski definition) is 3. The summed E-state index contributed by atoms with van der Waals surface area (Å²) in [6.45, 7) is 2.85. The number of nitrogens with zero attached hydrogens (tertiary/aromatic N) is 3. The molecular formula is C19H22F4N4O. The van der Waals surface area contributed by atoms with Crippen LogP contribution < -0.4 is 10.2 Å². The van der Waals surface area contributed by atoms with Gasteiger partial charge in [-0.05, 0) is 31.3 Å². The number of aromatic nitrogens is 1. The molecule has 1 aliphatic heterocycles. The third-order valence-electron chi connectivity index (χ3n) is 4.84. The number of piperazine rings is 1. The molecule has 1 amide bonds. The Bertz CT molecular complexity index is 841. The van der Waals surface area contributed by atoms with Gasteiger partial charge >= 0.3 is 6.18 Å². The Hall–Kier alpha value is -2.55. The van der Waals surface area contributed by atoms with Crippen LogP contribution in [0.4, 0.5) is 23.2 Å². The first-order chi connectivity index (χ1) is 13.1. The van der Waals surface area contributed by atoms with Crippen LogP contribution in [-0.4, -0.2) is 54.8 Å². The third-order valence-corrected chi connectivity index (χ3v) is 4.84. The minimum absolute atomic E-state index is 0.0853. The number of benzene rings is 1. The predicted octanol–water partition coefficient (Wildman–Crippen LogP) is 2.95. The van der Waals surface area contributed by atoms with E-state index in [1.807, 2.05) is 17.3 Å². The quantitative estimate of drug-likeness (QED) is 0.806. The third kappa shape index (κ3) is 4.46. The number of halogens is 4. The topological polar surface area (TPSA) is 40.5 Å². The summed E-state index contributed by atoms with van der Waals surface area (Å²) in [6.07, 6.45) is -1.92. The smallest absolute Gasteiger partial charge is 0.367 e. The second-order valence-corrected chi connectivity index (χ2v) is 7.01. The van der Waals surface area contributed by atoms with E-state index >= 15 is 0 Å². The van der Waals surface area contributed by atoms with Crippen LogP contribution in [0.2, 0.25) is 0 Å². The van der Waals surface area contributed by atoms with Crippen molar-refractivity contribution in [2.45, 2.75) is 12.2 Å². The molecule has 0 saturated carbocycles. The number of likely N-dealkylation sites (N-methyl/N-ethyl adjacent to an activating group) is 1. The van der Waals surface area contributed by atoms with Crippen LogP contribution in [0.3, 0.4) is 0 Å². The highest BCUT2D eigenvalue weighted by molar-refractivity contribution is 5.95. The molecule has 0 bridgehead atoms. The largest absolute Gasteiger partial charge is 0.412 e. The summed E-state index contributed by atoms with van der Waals surface area (Å²) in [5.41, 5.74) is 0.110. The van der Waals surface area contributed by atoms with Gasteiger partial charge in [-0.3, -0.25) is 4.79 Å². The molecule has 1 aromatic carbocycles. The molecule has 9 heteroatoms. The lowest BCUT2D eigenvalue weighted by atomic mass is 10.1. The van der Waals surface area contributed by atoms with Crippen molar-refractivity contribution in [1.82, 2.24) is 14.8 Å². The lowest BCUT2D eigenvalue weighted by Gasteiger charge is -2.34. The number of hydrogen-bond donors (Lipinski definition) is 1. The second-order valence-electron chi connectivity index (χ2n) is 7.01. The highest BCUT2D eigenvalue weighted by atomic mass is 19.4. The molecule has 1 N–H and O–H groups in total. The molecule has 1 saturated heterocycles. The number of carbonyl (C=O) groups is 1. The summed E-state index contributed by atoms with van der Waals surface area (Å²) in [6, 6.07) is 2.91. The zero-order chi connectivity index (χ0) is 20.5. The molecule has 152 valence electrons. The summed E-state index contributed by atoms with van der Waals surface area (Å²) in [5, 5.41) is 1.97. The van der Waals surface area contributed by atoms with E-state index in [9.17, 15) is 22.4 Å². The number of nitrogens with one attached hydrogen (secondary N) is 1. The molecule has 0 aliphatic carbocycles. The molecule has 1 aromatic heterocycles. The summed E-state index contributed by atoms with van der Waals surface area (Å²) in [7, 11) is 3.57. The molecule has 0 spiro atoms. The fourth-order valence-corrected chi connectivity index (χ4v) is 3.22. The van der Waals surface area contributed by atoms with Crippen molar-refractivity contribution < 1.29 is 22.4 Å². The zero-order valence-corrected chi connectivity index (χ0v) is 15.6. The second kappa shape index (κ2) is 7.83. The van der Waals surface area contributed by atoms with Gasteiger partial charge in [0.1, 0.15) is 5.82 Å². The Labute approximate surface area is 160 Å². The van der Waals surface area contributed by atoms with E-state index in [0.29, 0.717) is 18.8 Å². The number of aryl methyl sites for hydroxylation is 1.